The van der Waals surface area contributed by atoms with E-state index < -0.39 is 29.6 Å². The molecule has 26 heavy (non-hydrogen) atoms. The van der Waals surface area contributed by atoms with Crippen LogP contribution in [0.25, 0.3) is 10.4 Å². The van der Waals surface area contributed by atoms with E-state index in [-0.39, 0.29) is 5.69 Å². The second kappa shape index (κ2) is 7.03. The molecule has 0 bridgehead atoms. The maximum absolute atomic E-state index is 13.0. The van der Waals surface area contributed by atoms with Gasteiger partial charge >= 0.3 is 6.18 Å². The largest absolute Gasteiger partial charge is 0.425 e. The van der Waals surface area contributed by atoms with Crippen molar-refractivity contribution in [2.75, 3.05) is 0 Å². The Hall–Kier alpha value is -2.47. The van der Waals surface area contributed by atoms with E-state index in [4.69, 9.17) is 0 Å². The molecule has 3 aromatic heterocycles. The minimum absolute atomic E-state index is 0.0430. The maximum Gasteiger partial charge on any atom is 0.425 e. The Morgan fingerprint density at radius 3 is 2.38 bits per heavy atom. The third kappa shape index (κ3) is 3.70. The van der Waals surface area contributed by atoms with Crippen molar-refractivity contribution in [2.45, 2.75) is 24.7 Å². The van der Waals surface area contributed by atoms with E-state index in [0.717, 1.165) is 17.1 Å². The van der Waals surface area contributed by atoms with Crippen molar-refractivity contribution < 1.29 is 27.1 Å². The lowest BCUT2D eigenvalue weighted by Gasteiger charge is -2.21. The van der Waals surface area contributed by atoms with E-state index >= 15 is 0 Å². The zero-order valence-electron chi connectivity index (χ0n) is 12.7. The number of hydrogen-bond acceptors (Lipinski definition) is 6. The van der Waals surface area contributed by atoms with E-state index in [0.29, 0.717) is 21.8 Å². The number of pyridine rings is 1. The molecule has 0 radical (unpaired) electrons. The van der Waals surface area contributed by atoms with Gasteiger partial charge < -0.3 is 5.11 Å². The highest BCUT2D eigenvalue weighted by Gasteiger charge is 2.34. The fourth-order valence-corrected chi connectivity index (χ4v) is 3.14. The normalized spacial score (nSPS) is 14.6. The standard InChI is InChI=1S/C14H10F5N5OS/c15-13(16)12(25)11(24-6-21-22-23-24)8-2-1-7(5-20-8)9-3-4-10(26-9)14(17,18)19/h1-6,11-13,25H. The highest BCUT2D eigenvalue weighted by atomic mass is 32.1. The SMILES string of the molecule is OC(C(F)F)C(c1ccc(-c2ccc(C(F)(F)F)s2)cn1)n1cnnn1. The molecule has 3 rings (SSSR count). The summed E-state index contributed by atoms with van der Waals surface area (Å²) in [7, 11) is 0. The molecule has 0 saturated heterocycles. The third-order valence-electron chi connectivity index (χ3n) is 3.49. The first-order valence-corrected chi connectivity index (χ1v) is 7.91. The highest BCUT2D eigenvalue weighted by molar-refractivity contribution is 7.15. The summed E-state index contributed by atoms with van der Waals surface area (Å²) in [6.07, 6.45) is -7.33. The molecule has 6 nitrogen and oxygen atoms in total. The van der Waals surface area contributed by atoms with Gasteiger partial charge in [-0.3, -0.25) is 4.98 Å². The Labute approximate surface area is 146 Å². The molecule has 0 fully saturated rings. The third-order valence-corrected chi connectivity index (χ3v) is 4.67. The Balaban J connectivity index is 1.91. The summed E-state index contributed by atoms with van der Waals surface area (Å²) in [5.41, 5.74) is 0.428. The molecule has 0 aromatic carbocycles. The molecule has 0 saturated carbocycles. The Morgan fingerprint density at radius 1 is 1.12 bits per heavy atom. The first kappa shape index (κ1) is 18.3. The average Bonchev–Trinajstić information content (AvgIpc) is 3.27. The van der Waals surface area contributed by atoms with Crippen molar-refractivity contribution in [3.63, 3.8) is 0 Å². The monoisotopic (exact) mass is 391 g/mol. The molecule has 0 amide bonds. The molecule has 0 aliphatic rings. The zero-order valence-corrected chi connectivity index (χ0v) is 13.5. The first-order valence-electron chi connectivity index (χ1n) is 7.09. The van der Waals surface area contributed by atoms with E-state index in [1.807, 2.05) is 0 Å². The average molecular weight is 391 g/mol. The van der Waals surface area contributed by atoms with Gasteiger partial charge in [0.05, 0.1) is 5.69 Å². The van der Waals surface area contributed by atoms with Gasteiger partial charge in [-0.05, 0) is 28.6 Å². The number of hydrogen-bond donors (Lipinski definition) is 1. The quantitative estimate of drug-likeness (QED) is 0.677. The topological polar surface area (TPSA) is 76.7 Å². The van der Waals surface area contributed by atoms with Crippen LogP contribution in [-0.4, -0.2) is 42.8 Å². The van der Waals surface area contributed by atoms with Crippen LogP contribution in [0.3, 0.4) is 0 Å². The molecule has 3 heterocycles. The molecule has 138 valence electrons. The lowest BCUT2D eigenvalue weighted by Crippen LogP contribution is -2.32. The predicted octanol–water partition coefficient (Wildman–Crippen LogP) is 3.03. The lowest BCUT2D eigenvalue weighted by atomic mass is 10.1. The van der Waals surface area contributed by atoms with Crippen LogP contribution in [0.15, 0.2) is 36.8 Å². The number of rotatable bonds is 5. The van der Waals surface area contributed by atoms with Gasteiger partial charge in [0.15, 0.2) is 0 Å². The minimum atomic E-state index is -4.44. The Bertz CT molecular complexity index is 849. The van der Waals surface area contributed by atoms with E-state index in [2.05, 4.69) is 20.5 Å². The number of aromatic nitrogens is 5. The number of nitrogens with zero attached hydrogens (tertiary/aromatic N) is 5. The van der Waals surface area contributed by atoms with Gasteiger partial charge in [-0.25, -0.2) is 13.5 Å². The van der Waals surface area contributed by atoms with Crippen molar-refractivity contribution in [1.82, 2.24) is 25.2 Å². The summed E-state index contributed by atoms with van der Waals surface area (Å²) < 4.78 is 64.9. The van der Waals surface area contributed by atoms with E-state index in [1.54, 1.807) is 0 Å². The van der Waals surface area contributed by atoms with Crippen molar-refractivity contribution in [3.8, 4) is 10.4 Å². The van der Waals surface area contributed by atoms with Gasteiger partial charge in [-0.2, -0.15) is 13.2 Å². The fraction of sp³-hybridized carbons (Fsp3) is 0.286. The molecular weight excluding hydrogens is 381 g/mol. The molecular formula is C14H10F5N5OS. The van der Waals surface area contributed by atoms with Crippen LogP contribution < -0.4 is 0 Å². The molecule has 3 aromatic rings. The van der Waals surface area contributed by atoms with Crippen LogP contribution in [0.2, 0.25) is 0 Å². The van der Waals surface area contributed by atoms with Gasteiger partial charge in [0, 0.05) is 16.6 Å². The molecule has 2 unspecified atom stereocenters. The molecule has 0 aliphatic carbocycles. The van der Waals surface area contributed by atoms with Gasteiger partial charge in [0.25, 0.3) is 6.43 Å². The minimum Gasteiger partial charge on any atom is -0.384 e. The number of thiophene rings is 1. The van der Waals surface area contributed by atoms with Gasteiger partial charge in [0.2, 0.25) is 0 Å². The summed E-state index contributed by atoms with van der Waals surface area (Å²) in [5, 5.41) is 20.0. The number of aliphatic hydroxyl groups excluding tert-OH is 1. The highest BCUT2D eigenvalue weighted by Crippen LogP contribution is 2.38. The van der Waals surface area contributed by atoms with Gasteiger partial charge in [-0.15, -0.1) is 16.4 Å². The maximum atomic E-state index is 13.0. The molecule has 12 heteroatoms. The summed E-state index contributed by atoms with van der Waals surface area (Å²) >= 11 is 0.544. The molecule has 2 atom stereocenters. The molecule has 1 N–H and O–H groups in total. The summed E-state index contributed by atoms with van der Waals surface area (Å²) in [6, 6.07) is 3.69. The number of tetrazole rings is 1. The summed E-state index contributed by atoms with van der Waals surface area (Å²) in [6.45, 7) is 0. The van der Waals surface area contributed by atoms with E-state index in [1.165, 1.54) is 24.4 Å². The van der Waals surface area contributed by atoms with Crippen molar-refractivity contribution in [1.29, 1.82) is 0 Å². The fourth-order valence-electron chi connectivity index (χ4n) is 2.27. The number of aliphatic hydroxyl groups is 1. The van der Waals surface area contributed by atoms with Crippen LogP contribution in [0.5, 0.6) is 0 Å². The number of halogens is 5. The van der Waals surface area contributed by atoms with Gasteiger partial charge in [0.1, 0.15) is 23.4 Å². The summed E-state index contributed by atoms with van der Waals surface area (Å²) in [5.74, 6) is 0. The zero-order chi connectivity index (χ0) is 18.9. The second-order valence-corrected chi connectivity index (χ2v) is 6.28. The van der Waals surface area contributed by atoms with Crippen LogP contribution in [0, 0.1) is 0 Å². The summed E-state index contributed by atoms with van der Waals surface area (Å²) in [4.78, 5) is 3.57. The van der Waals surface area contributed by atoms with E-state index in [9.17, 15) is 27.1 Å². The van der Waals surface area contributed by atoms with Crippen molar-refractivity contribution in [3.05, 3.63) is 47.4 Å². The van der Waals surface area contributed by atoms with Gasteiger partial charge in [-0.1, -0.05) is 6.07 Å². The predicted molar refractivity (Wildman–Crippen MR) is 80.5 cm³/mol. The smallest absolute Gasteiger partial charge is 0.384 e. The Kier molecular flexibility index (Phi) is 4.96. The number of alkyl halides is 5. The van der Waals surface area contributed by atoms with Crippen LogP contribution in [-0.2, 0) is 6.18 Å². The van der Waals surface area contributed by atoms with Crippen molar-refractivity contribution >= 4 is 11.3 Å². The van der Waals surface area contributed by atoms with Crippen molar-refractivity contribution in [2.24, 2.45) is 0 Å². The Morgan fingerprint density at radius 2 is 1.88 bits per heavy atom. The van der Waals surface area contributed by atoms with Crippen LogP contribution in [0.1, 0.15) is 16.6 Å². The lowest BCUT2D eigenvalue weighted by molar-refractivity contribution is -0.134. The first-order chi connectivity index (χ1) is 12.3. The molecule has 0 aliphatic heterocycles. The van der Waals surface area contributed by atoms with Crippen LogP contribution in [0.4, 0.5) is 22.0 Å². The molecule has 0 spiro atoms. The van der Waals surface area contributed by atoms with Crippen LogP contribution >= 0.6 is 11.3 Å². The second-order valence-electron chi connectivity index (χ2n) is 5.19.